The summed E-state index contributed by atoms with van der Waals surface area (Å²) < 4.78 is 10.2. The van der Waals surface area contributed by atoms with E-state index >= 15 is 0 Å². The van der Waals surface area contributed by atoms with Gasteiger partial charge in [0.15, 0.2) is 0 Å². The third-order valence-corrected chi connectivity index (χ3v) is 2.40. The van der Waals surface area contributed by atoms with Gasteiger partial charge in [0.05, 0.1) is 11.6 Å². The quantitative estimate of drug-likeness (QED) is 0.807. The molecule has 0 radical (unpaired) electrons. The fraction of sp³-hybridized carbons (Fsp3) is 0.250. The highest BCUT2D eigenvalue weighted by atomic mass is 16.5. The Kier molecular flexibility index (Phi) is 3.17. The van der Waals surface area contributed by atoms with E-state index in [2.05, 4.69) is 16.2 Å². The van der Waals surface area contributed by atoms with E-state index in [1.165, 1.54) is 0 Å². The minimum Gasteiger partial charge on any atom is -0.374 e. The normalized spacial score (nSPS) is 12.1. The van der Waals surface area contributed by atoms with Gasteiger partial charge in [-0.3, -0.25) is 0 Å². The summed E-state index contributed by atoms with van der Waals surface area (Å²) in [6.45, 7) is 1.83. The maximum absolute atomic E-state index is 8.80. The second-order valence-corrected chi connectivity index (χ2v) is 3.53. The van der Waals surface area contributed by atoms with Crippen molar-refractivity contribution in [1.29, 1.82) is 5.26 Å². The maximum Gasteiger partial charge on any atom is 0.258 e. The lowest BCUT2D eigenvalue weighted by Crippen LogP contribution is -1.97. The van der Waals surface area contributed by atoms with Crippen LogP contribution in [0.25, 0.3) is 11.5 Å². The molecule has 2 rings (SSSR count). The van der Waals surface area contributed by atoms with E-state index in [1.807, 2.05) is 13.0 Å². The van der Waals surface area contributed by atoms with E-state index < -0.39 is 0 Å². The van der Waals surface area contributed by atoms with Crippen LogP contribution in [0.15, 0.2) is 28.8 Å². The molecule has 5 nitrogen and oxygen atoms in total. The lowest BCUT2D eigenvalue weighted by Gasteiger charge is -2.00. The second kappa shape index (κ2) is 4.76. The van der Waals surface area contributed by atoms with Gasteiger partial charge < -0.3 is 9.26 Å². The second-order valence-electron chi connectivity index (χ2n) is 3.53. The van der Waals surface area contributed by atoms with Gasteiger partial charge in [-0.15, -0.1) is 0 Å². The van der Waals surface area contributed by atoms with Crippen LogP contribution in [0.4, 0.5) is 0 Å². The average molecular weight is 229 g/mol. The standard InChI is InChI=1S/C12H11N3O2/c1-8(16-2)11-14-12(17-15-11)10-5-3-4-9(6-10)7-13/h3-6,8H,1-2H3/t8-/m1/s1. The highest BCUT2D eigenvalue weighted by Crippen LogP contribution is 2.21. The molecule has 1 aromatic carbocycles. The van der Waals surface area contributed by atoms with Crippen LogP contribution in [-0.4, -0.2) is 17.3 Å². The first-order chi connectivity index (χ1) is 8.24. The summed E-state index contributed by atoms with van der Waals surface area (Å²) in [6, 6.07) is 9.08. The molecule has 0 aliphatic carbocycles. The number of methoxy groups -OCH3 is 1. The Morgan fingerprint density at radius 2 is 2.29 bits per heavy atom. The van der Waals surface area contributed by atoms with Gasteiger partial charge in [0.2, 0.25) is 5.82 Å². The molecule has 0 fully saturated rings. The summed E-state index contributed by atoms with van der Waals surface area (Å²) in [5.41, 5.74) is 1.29. The van der Waals surface area contributed by atoms with Crippen molar-refractivity contribution in [2.45, 2.75) is 13.0 Å². The van der Waals surface area contributed by atoms with Crippen molar-refractivity contribution in [3.8, 4) is 17.5 Å². The molecule has 1 heterocycles. The Morgan fingerprint density at radius 1 is 1.47 bits per heavy atom. The van der Waals surface area contributed by atoms with Gasteiger partial charge in [-0.1, -0.05) is 11.2 Å². The van der Waals surface area contributed by atoms with Crippen molar-refractivity contribution < 1.29 is 9.26 Å². The highest BCUT2D eigenvalue weighted by molar-refractivity contribution is 5.55. The summed E-state index contributed by atoms with van der Waals surface area (Å²) in [7, 11) is 1.58. The zero-order valence-electron chi connectivity index (χ0n) is 9.54. The Bertz CT molecular complexity index is 557. The lowest BCUT2D eigenvalue weighted by atomic mass is 10.1. The van der Waals surface area contributed by atoms with Crippen molar-refractivity contribution in [2.75, 3.05) is 7.11 Å². The summed E-state index contributed by atoms with van der Waals surface area (Å²) in [4.78, 5) is 4.21. The Hall–Kier alpha value is -2.19. The molecule has 86 valence electrons. The molecule has 0 saturated carbocycles. The zero-order valence-corrected chi connectivity index (χ0v) is 9.54. The van der Waals surface area contributed by atoms with Gasteiger partial charge in [-0.25, -0.2) is 0 Å². The summed E-state index contributed by atoms with van der Waals surface area (Å²) in [6.07, 6.45) is -0.216. The highest BCUT2D eigenvalue weighted by Gasteiger charge is 2.14. The molecule has 2 aromatic rings. The molecule has 5 heteroatoms. The number of aromatic nitrogens is 2. The number of nitriles is 1. The predicted molar refractivity (Wildman–Crippen MR) is 59.9 cm³/mol. The van der Waals surface area contributed by atoms with Crippen molar-refractivity contribution in [3.05, 3.63) is 35.7 Å². The molecular weight excluding hydrogens is 218 g/mol. The molecule has 17 heavy (non-hydrogen) atoms. The predicted octanol–water partition coefficient (Wildman–Crippen LogP) is 2.32. The molecule has 0 saturated heterocycles. The first-order valence-electron chi connectivity index (χ1n) is 5.11. The van der Waals surface area contributed by atoms with Gasteiger partial charge in [0.25, 0.3) is 5.89 Å². The largest absolute Gasteiger partial charge is 0.374 e. The molecule has 0 unspecified atom stereocenters. The summed E-state index contributed by atoms with van der Waals surface area (Å²) in [5, 5.41) is 12.6. The average Bonchev–Trinajstić information content (AvgIpc) is 2.87. The first kappa shape index (κ1) is 11.3. The Balaban J connectivity index is 2.34. The molecule has 0 aliphatic rings. The molecule has 1 aromatic heterocycles. The van der Waals surface area contributed by atoms with E-state index in [1.54, 1.807) is 25.3 Å². The van der Waals surface area contributed by atoms with E-state index in [0.29, 0.717) is 17.3 Å². The molecule has 1 atom stereocenters. The van der Waals surface area contributed by atoms with E-state index in [4.69, 9.17) is 14.5 Å². The maximum atomic E-state index is 8.80. The van der Waals surface area contributed by atoms with Crippen LogP contribution in [0.2, 0.25) is 0 Å². The van der Waals surface area contributed by atoms with Crippen LogP contribution in [-0.2, 0) is 4.74 Å². The molecule has 0 aliphatic heterocycles. The number of hydrogen-bond donors (Lipinski definition) is 0. The number of benzene rings is 1. The van der Waals surface area contributed by atoms with Crippen LogP contribution < -0.4 is 0 Å². The molecule has 0 bridgehead atoms. The van der Waals surface area contributed by atoms with Crippen LogP contribution >= 0.6 is 0 Å². The Labute approximate surface area is 98.6 Å². The third-order valence-electron chi connectivity index (χ3n) is 2.40. The van der Waals surface area contributed by atoms with Crippen LogP contribution in [0.3, 0.4) is 0 Å². The van der Waals surface area contributed by atoms with Crippen LogP contribution in [0.1, 0.15) is 24.4 Å². The lowest BCUT2D eigenvalue weighted by molar-refractivity contribution is 0.109. The van der Waals surface area contributed by atoms with Gasteiger partial charge >= 0.3 is 0 Å². The molecule has 0 spiro atoms. The van der Waals surface area contributed by atoms with E-state index in [0.717, 1.165) is 5.56 Å². The van der Waals surface area contributed by atoms with Gasteiger partial charge in [0, 0.05) is 12.7 Å². The number of ether oxygens (including phenoxy) is 1. The van der Waals surface area contributed by atoms with E-state index in [-0.39, 0.29) is 6.10 Å². The van der Waals surface area contributed by atoms with Gasteiger partial charge in [-0.2, -0.15) is 10.2 Å². The fourth-order valence-electron chi connectivity index (χ4n) is 1.34. The molecule has 0 amide bonds. The number of nitrogens with zero attached hydrogens (tertiary/aromatic N) is 3. The third kappa shape index (κ3) is 2.32. The Morgan fingerprint density at radius 3 is 3.00 bits per heavy atom. The number of rotatable bonds is 3. The van der Waals surface area contributed by atoms with Gasteiger partial charge in [-0.05, 0) is 25.1 Å². The zero-order chi connectivity index (χ0) is 12.3. The minimum atomic E-state index is -0.216. The summed E-state index contributed by atoms with van der Waals surface area (Å²) >= 11 is 0. The minimum absolute atomic E-state index is 0.216. The summed E-state index contributed by atoms with van der Waals surface area (Å²) in [5.74, 6) is 0.880. The van der Waals surface area contributed by atoms with Gasteiger partial charge in [0.1, 0.15) is 6.10 Å². The van der Waals surface area contributed by atoms with Crippen molar-refractivity contribution in [2.24, 2.45) is 0 Å². The number of hydrogen-bond acceptors (Lipinski definition) is 5. The van der Waals surface area contributed by atoms with Crippen LogP contribution in [0.5, 0.6) is 0 Å². The SMILES string of the molecule is CO[C@H](C)c1noc(-c2cccc(C#N)c2)n1. The van der Waals surface area contributed by atoms with Crippen molar-refractivity contribution in [3.63, 3.8) is 0 Å². The molecule has 0 N–H and O–H groups in total. The topological polar surface area (TPSA) is 71.9 Å². The first-order valence-corrected chi connectivity index (χ1v) is 5.11. The monoisotopic (exact) mass is 229 g/mol. The van der Waals surface area contributed by atoms with Crippen molar-refractivity contribution >= 4 is 0 Å². The molecular formula is C12H11N3O2. The van der Waals surface area contributed by atoms with Crippen molar-refractivity contribution in [1.82, 2.24) is 10.1 Å². The fourth-order valence-corrected chi connectivity index (χ4v) is 1.34. The van der Waals surface area contributed by atoms with E-state index in [9.17, 15) is 0 Å². The smallest absolute Gasteiger partial charge is 0.258 e. The van der Waals surface area contributed by atoms with Crippen LogP contribution in [0, 0.1) is 11.3 Å².